The number of aromatic nitrogens is 3. The number of hydrogen-bond donors (Lipinski definition) is 2. The third kappa shape index (κ3) is 3.17. The maximum absolute atomic E-state index is 13.0. The van der Waals surface area contributed by atoms with E-state index in [2.05, 4.69) is 10.1 Å². The highest BCUT2D eigenvalue weighted by atomic mass is 32.2. The molecule has 3 N–H and O–H groups in total. The first kappa shape index (κ1) is 15.7. The van der Waals surface area contributed by atoms with Gasteiger partial charge in [0.05, 0.1) is 18.8 Å². The smallest absolute Gasteiger partial charge is 0.273 e. The van der Waals surface area contributed by atoms with Crippen LogP contribution in [-0.4, -0.2) is 42.2 Å². The maximum atomic E-state index is 13.0. The normalized spacial score (nSPS) is 13.0. The van der Waals surface area contributed by atoms with E-state index in [4.69, 9.17) is 5.73 Å². The largest absolute Gasteiger partial charge is 0.325 e. The first-order chi connectivity index (χ1) is 9.66. The number of halogens is 2. The van der Waals surface area contributed by atoms with Crippen LogP contribution in [0.4, 0.5) is 8.78 Å². The van der Waals surface area contributed by atoms with E-state index in [1.807, 2.05) is 4.72 Å². The zero-order valence-corrected chi connectivity index (χ0v) is 12.3. The Balaban J connectivity index is 2.34. The standard InChI is InChI=1S/C11H15F2N5O2S/c1-7-9-3-8(4-15-10(9)18(2)17-7)21(19,20)16-6-11(12,13)5-14/h3-4,16H,5-6,14H2,1-2H3. The lowest BCUT2D eigenvalue weighted by Gasteiger charge is -2.14. The number of pyridine rings is 1. The SMILES string of the molecule is Cc1nn(C)c2ncc(S(=O)(=O)NCC(F)(F)CN)cc12. The van der Waals surface area contributed by atoms with E-state index in [-0.39, 0.29) is 4.90 Å². The number of hydrogen-bond acceptors (Lipinski definition) is 5. The minimum absolute atomic E-state index is 0.195. The van der Waals surface area contributed by atoms with Crippen LogP contribution in [0.1, 0.15) is 5.69 Å². The number of aryl methyl sites for hydroxylation is 2. The molecule has 2 heterocycles. The first-order valence-corrected chi connectivity index (χ1v) is 7.51. The summed E-state index contributed by atoms with van der Waals surface area (Å²) in [6.45, 7) is -0.291. The summed E-state index contributed by atoms with van der Waals surface area (Å²) in [6, 6.07) is 1.35. The van der Waals surface area contributed by atoms with Crippen LogP contribution < -0.4 is 10.5 Å². The average Bonchev–Trinajstić information content (AvgIpc) is 2.72. The highest BCUT2D eigenvalue weighted by Crippen LogP contribution is 2.19. The minimum atomic E-state index is -4.09. The van der Waals surface area contributed by atoms with Crippen LogP contribution in [0.3, 0.4) is 0 Å². The third-order valence-electron chi connectivity index (χ3n) is 2.97. The van der Waals surface area contributed by atoms with Crippen molar-refractivity contribution in [2.75, 3.05) is 13.1 Å². The van der Waals surface area contributed by atoms with Gasteiger partial charge in [-0.25, -0.2) is 26.9 Å². The maximum Gasteiger partial charge on any atom is 0.273 e. The van der Waals surface area contributed by atoms with Gasteiger partial charge in [0, 0.05) is 18.6 Å². The number of nitrogens with zero attached hydrogens (tertiary/aromatic N) is 3. The Labute approximate surface area is 120 Å². The average molecular weight is 319 g/mol. The summed E-state index contributed by atoms with van der Waals surface area (Å²) >= 11 is 0. The Kier molecular flexibility index (Phi) is 3.95. The fourth-order valence-corrected chi connectivity index (χ4v) is 2.82. The van der Waals surface area contributed by atoms with E-state index in [1.54, 1.807) is 14.0 Å². The molecule has 0 unspecified atom stereocenters. The van der Waals surface area contributed by atoms with Crippen molar-refractivity contribution in [3.05, 3.63) is 18.0 Å². The molecule has 116 valence electrons. The molecule has 7 nitrogen and oxygen atoms in total. The molecule has 0 saturated carbocycles. The molecule has 0 spiro atoms. The summed E-state index contributed by atoms with van der Waals surface area (Å²) in [5, 5.41) is 4.66. The molecule has 0 aliphatic rings. The lowest BCUT2D eigenvalue weighted by atomic mass is 10.3. The Hall–Kier alpha value is -1.65. The molecule has 0 aliphatic carbocycles. The monoisotopic (exact) mass is 319 g/mol. The lowest BCUT2D eigenvalue weighted by Crippen LogP contribution is -2.41. The number of fused-ring (bicyclic) bond motifs is 1. The fourth-order valence-electron chi connectivity index (χ4n) is 1.79. The van der Waals surface area contributed by atoms with Gasteiger partial charge in [-0.05, 0) is 13.0 Å². The van der Waals surface area contributed by atoms with Gasteiger partial charge in [-0.3, -0.25) is 4.68 Å². The topological polar surface area (TPSA) is 103 Å². The number of nitrogens with two attached hydrogens (primary N) is 1. The van der Waals surface area contributed by atoms with Crippen LogP contribution in [0.15, 0.2) is 17.2 Å². The Morgan fingerprint density at radius 3 is 2.76 bits per heavy atom. The summed E-state index contributed by atoms with van der Waals surface area (Å²) < 4.78 is 53.4. The Morgan fingerprint density at radius 2 is 2.14 bits per heavy atom. The number of alkyl halides is 2. The summed E-state index contributed by atoms with van der Waals surface area (Å²) in [4.78, 5) is 3.81. The van der Waals surface area contributed by atoms with Gasteiger partial charge in [0.1, 0.15) is 4.90 Å². The van der Waals surface area contributed by atoms with Crippen molar-refractivity contribution >= 4 is 21.1 Å². The predicted octanol–water partition coefficient (Wildman–Crippen LogP) is 0.149. The van der Waals surface area contributed by atoms with Crippen molar-refractivity contribution in [1.29, 1.82) is 0 Å². The Morgan fingerprint density at radius 1 is 1.48 bits per heavy atom. The van der Waals surface area contributed by atoms with E-state index in [0.29, 0.717) is 16.7 Å². The number of rotatable bonds is 5. The molecule has 0 atom stereocenters. The Bertz CT molecular complexity index is 772. The second-order valence-electron chi connectivity index (χ2n) is 4.64. The van der Waals surface area contributed by atoms with Gasteiger partial charge in [-0.1, -0.05) is 0 Å². The van der Waals surface area contributed by atoms with Gasteiger partial charge in [0.2, 0.25) is 10.0 Å². The van der Waals surface area contributed by atoms with Crippen molar-refractivity contribution in [3.8, 4) is 0 Å². The van der Waals surface area contributed by atoms with Crippen molar-refractivity contribution in [1.82, 2.24) is 19.5 Å². The van der Waals surface area contributed by atoms with E-state index in [0.717, 1.165) is 6.20 Å². The molecule has 0 aromatic carbocycles. The molecule has 0 bridgehead atoms. The van der Waals surface area contributed by atoms with Gasteiger partial charge in [-0.2, -0.15) is 5.10 Å². The lowest BCUT2D eigenvalue weighted by molar-refractivity contribution is 0.0170. The second kappa shape index (κ2) is 5.28. The quantitative estimate of drug-likeness (QED) is 0.816. The zero-order chi connectivity index (χ0) is 15.8. The molecular weight excluding hydrogens is 304 g/mol. The third-order valence-corrected chi connectivity index (χ3v) is 4.34. The minimum Gasteiger partial charge on any atom is -0.325 e. The molecule has 2 rings (SSSR count). The van der Waals surface area contributed by atoms with E-state index in [1.165, 1.54) is 10.7 Å². The van der Waals surface area contributed by atoms with Crippen molar-refractivity contribution in [2.24, 2.45) is 12.8 Å². The molecule has 10 heteroatoms. The van der Waals surface area contributed by atoms with Crippen LogP contribution in [0.5, 0.6) is 0 Å². The second-order valence-corrected chi connectivity index (χ2v) is 6.40. The van der Waals surface area contributed by atoms with Crippen LogP contribution in [-0.2, 0) is 17.1 Å². The van der Waals surface area contributed by atoms with Crippen molar-refractivity contribution in [2.45, 2.75) is 17.7 Å². The van der Waals surface area contributed by atoms with Gasteiger partial charge in [0.15, 0.2) is 5.65 Å². The highest BCUT2D eigenvalue weighted by molar-refractivity contribution is 7.89. The van der Waals surface area contributed by atoms with Crippen LogP contribution in [0, 0.1) is 6.92 Å². The summed E-state index contributed by atoms with van der Waals surface area (Å²) in [5.74, 6) is -3.30. The van der Waals surface area contributed by atoms with E-state index in [9.17, 15) is 17.2 Å². The molecule has 0 amide bonds. The number of nitrogens with one attached hydrogen (secondary N) is 1. The molecule has 0 radical (unpaired) electrons. The van der Waals surface area contributed by atoms with Crippen LogP contribution >= 0.6 is 0 Å². The first-order valence-electron chi connectivity index (χ1n) is 6.03. The highest BCUT2D eigenvalue weighted by Gasteiger charge is 2.29. The van der Waals surface area contributed by atoms with Gasteiger partial charge >= 0.3 is 0 Å². The zero-order valence-electron chi connectivity index (χ0n) is 11.5. The van der Waals surface area contributed by atoms with Gasteiger partial charge in [-0.15, -0.1) is 0 Å². The predicted molar refractivity (Wildman–Crippen MR) is 72.4 cm³/mol. The molecule has 0 fully saturated rings. The van der Waals surface area contributed by atoms with E-state index < -0.39 is 29.0 Å². The summed E-state index contributed by atoms with van der Waals surface area (Å²) in [7, 11) is -2.41. The van der Waals surface area contributed by atoms with E-state index >= 15 is 0 Å². The van der Waals surface area contributed by atoms with Crippen LogP contribution in [0.2, 0.25) is 0 Å². The van der Waals surface area contributed by atoms with Gasteiger partial charge < -0.3 is 5.73 Å². The van der Waals surface area contributed by atoms with Crippen LogP contribution in [0.25, 0.3) is 11.0 Å². The molecule has 2 aromatic rings. The van der Waals surface area contributed by atoms with Crippen molar-refractivity contribution < 1.29 is 17.2 Å². The summed E-state index contributed by atoms with van der Waals surface area (Å²) in [5.41, 5.74) is 5.98. The summed E-state index contributed by atoms with van der Waals surface area (Å²) in [6.07, 6.45) is 1.10. The molecular formula is C11H15F2N5O2S. The molecule has 0 saturated heterocycles. The number of sulfonamides is 1. The fraction of sp³-hybridized carbons (Fsp3) is 0.455. The molecule has 0 aliphatic heterocycles. The van der Waals surface area contributed by atoms with Crippen molar-refractivity contribution in [3.63, 3.8) is 0 Å². The molecule has 21 heavy (non-hydrogen) atoms. The molecule has 2 aromatic heterocycles. The van der Waals surface area contributed by atoms with Gasteiger partial charge in [0.25, 0.3) is 5.92 Å².